The SMILES string of the molecule is CCCCCCCCCCCCCCCCCCn1c(CCCCCNC(=O)c2ccc(Br)cc2)nc2ccccc21. The number of carbonyl (C=O) groups is 1. The molecule has 1 amide bonds. The van der Waals surface area contributed by atoms with Crippen molar-refractivity contribution in [3.05, 3.63) is 64.4 Å². The largest absolute Gasteiger partial charge is 0.352 e. The second-order valence-corrected chi connectivity index (χ2v) is 13.0. The monoisotopic (exact) mass is 637 g/mol. The standard InChI is InChI=1S/C37H56BrN3O/c1-2-3-4-5-6-7-8-9-10-11-12-13-14-15-16-22-31-41-35-24-20-19-23-34(35)40-36(41)25-18-17-21-30-39-37(42)32-26-28-33(38)29-27-32/h19-20,23-24,26-29H,2-18,21-22,25,30-31H2,1H3,(H,39,42). The highest BCUT2D eigenvalue weighted by atomic mass is 79.9. The van der Waals surface area contributed by atoms with Gasteiger partial charge in [0.25, 0.3) is 5.91 Å². The molecule has 2 aromatic carbocycles. The van der Waals surface area contributed by atoms with E-state index in [1.807, 2.05) is 24.3 Å². The molecular weight excluding hydrogens is 582 g/mol. The zero-order chi connectivity index (χ0) is 29.7. The Hall–Kier alpha value is -2.14. The second-order valence-electron chi connectivity index (χ2n) is 12.0. The molecule has 0 aliphatic carbocycles. The number of aryl methyl sites for hydroxylation is 2. The normalized spacial score (nSPS) is 11.4. The zero-order valence-corrected chi connectivity index (χ0v) is 27.9. The molecule has 0 aliphatic heterocycles. The summed E-state index contributed by atoms with van der Waals surface area (Å²) in [7, 11) is 0. The van der Waals surface area contributed by atoms with E-state index in [0.29, 0.717) is 12.1 Å². The number of hydrogen-bond acceptors (Lipinski definition) is 2. The molecule has 4 nitrogen and oxygen atoms in total. The van der Waals surface area contributed by atoms with E-state index in [2.05, 4.69) is 57.0 Å². The van der Waals surface area contributed by atoms with E-state index in [1.54, 1.807) is 0 Å². The smallest absolute Gasteiger partial charge is 0.251 e. The summed E-state index contributed by atoms with van der Waals surface area (Å²) in [6, 6.07) is 16.1. The van der Waals surface area contributed by atoms with E-state index < -0.39 is 0 Å². The van der Waals surface area contributed by atoms with Gasteiger partial charge in [-0.05, 0) is 55.7 Å². The van der Waals surface area contributed by atoms with Crippen LogP contribution < -0.4 is 5.32 Å². The van der Waals surface area contributed by atoms with E-state index >= 15 is 0 Å². The molecule has 0 fully saturated rings. The van der Waals surface area contributed by atoms with E-state index in [0.717, 1.165) is 42.2 Å². The van der Waals surface area contributed by atoms with Crippen molar-refractivity contribution in [3.8, 4) is 0 Å². The third-order valence-electron chi connectivity index (χ3n) is 8.44. The number of rotatable bonds is 24. The number of aromatic nitrogens is 2. The van der Waals surface area contributed by atoms with Gasteiger partial charge in [-0.3, -0.25) is 4.79 Å². The molecule has 0 saturated heterocycles. The maximum absolute atomic E-state index is 12.3. The summed E-state index contributed by atoms with van der Waals surface area (Å²) in [6.45, 7) is 4.07. The van der Waals surface area contributed by atoms with Crippen LogP contribution in [0, 0.1) is 0 Å². The first-order valence-corrected chi connectivity index (χ1v) is 18.0. The average molecular weight is 639 g/mol. The Morgan fingerprint density at radius 3 is 1.86 bits per heavy atom. The van der Waals surface area contributed by atoms with Crippen LogP contribution in [0.3, 0.4) is 0 Å². The number of carbonyl (C=O) groups excluding carboxylic acids is 1. The summed E-state index contributed by atoms with van der Waals surface area (Å²) in [4.78, 5) is 17.3. The van der Waals surface area contributed by atoms with Crippen LogP contribution in [0.2, 0.25) is 0 Å². The van der Waals surface area contributed by atoms with Crippen LogP contribution in [0.15, 0.2) is 53.0 Å². The van der Waals surface area contributed by atoms with Gasteiger partial charge in [0.05, 0.1) is 11.0 Å². The number of amides is 1. The molecule has 5 heteroatoms. The lowest BCUT2D eigenvalue weighted by Crippen LogP contribution is -2.24. The number of imidazole rings is 1. The summed E-state index contributed by atoms with van der Waals surface area (Å²) in [5, 5.41) is 3.05. The minimum Gasteiger partial charge on any atom is -0.352 e. The third-order valence-corrected chi connectivity index (χ3v) is 8.97. The minimum absolute atomic E-state index is 0.00287. The van der Waals surface area contributed by atoms with E-state index in [1.165, 1.54) is 114 Å². The Bertz CT molecular complexity index is 1120. The molecule has 0 saturated carbocycles. The number of nitrogens with one attached hydrogen (secondary N) is 1. The molecule has 1 heterocycles. The Kier molecular flexibility index (Phi) is 17.6. The van der Waals surface area contributed by atoms with Gasteiger partial charge in [-0.2, -0.15) is 0 Å². The van der Waals surface area contributed by atoms with Crippen LogP contribution in [0.5, 0.6) is 0 Å². The molecule has 0 aliphatic rings. The van der Waals surface area contributed by atoms with Crippen molar-refractivity contribution in [1.82, 2.24) is 14.9 Å². The predicted molar refractivity (Wildman–Crippen MR) is 183 cm³/mol. The summed E-state index contributed by atoms with van der Waals surface area (Å²) in [6.07, 6.45) is 26.6. The van der Waals surface area contributed by atoms with Crippen molar-refractivity contribution < 1.29 is 4.79 Å². The van der Waals surface area contributed by atoms with Gasteiger partial charge in [-0.15, -0.1) is 0 Å². The van der Waals surface area contributed by atoms with E-state index in [9.17, 15) is 4.79 Å². The Morgan fingerprint density at radius 1 is 0.690 bits per heavy atom. The second kappa shape index (κ2) is 21.5. The lowest BCUT2D eigenvalue weighted by atomic mass is 10.0. The maximum Gasteiger partial charge on any atom is 0.251 e. The molecule has 0 radical (unpaired) electrons. The van der Waals surface area contributed by atoms with Crippen LogP contribution in [0.25, 0.3) is 11.0 Å². The molecule has 3 rings (SSSR count). The topological polar surface area (TPSA) is 46.9 Å². The van der Waals surface area contributed by atoms with Gasteiger partial charge < -0.3 is 9.88 Å². The van der Waals surface area contributed by atoms with E-state index in [4.69, 9.17) is 4.98 Å². The molecule has 0 atom stereocenters. The first kappa shape index (κ1) is 34.4. The number of benzene rings is 2. The molecule has 1 aromatic heterocycles. The van der Waals surface area contributed by atoms with Gasteiger partial charge in [0.1, 0.15) is 5.82 Å². The number of nitrogens with zero attached hydrogens (tertiary/aromatic N) is 2. The minimum atomic E-state index is 0.00287. The lowest BCUT2D eigenvalue weighted by Gasteiger charge is -2.10. The van der Waals surface area contributed by atoms with Crippen LogP contribution in [0.4, 0.5) is 0 Å². The first-order chi connectivity index (χ1) is 20.7. The third kappa shape index (κ3) is 13.4. The van der Waals surface area contributed by atoms with Gasteiger partial charge in [0.15, 0.2) is 0 Å². The average Bonchev–Trinajstić information content (AvgIpc) is 3.36. The number of halogens is 1. The zero-order valence-electron chi connectivity index (χ0n) is 26.4. The number of hydrogen-bond donors (Lipinski definition) is 1. The first-order valence-electron chi connectivity index (χ1n) is 17.2. The molecule has 232 valence electrons. The molecule has 1 N–H and O–H groups in total. The van der Waals surface area contributed by atoms with Gasteiger partial charge in [-0.25, -0.2) is 4.98 Å². The Morgan fingerprint density at radius 2 is 1.24 bits per heavy atom. The molecule has 42 heavy (non-hydrogen) atoms. The van der Waals surface area contributed by atoms with Gasteiger partial charge >= 0.3 is 0 Å². The summed E-state index contributed by atoms with van der Waals surface area (Å²) in [5.41, 5.74) is 3.10. The number of fused-ring (bicyclic) bond motifs is 1. The van der Waals surface area contributed by atoms with Crippen molar-refractivity contribution >= 4 is 32.9 Å². The molecular formula is C37H56BrN3O. The molecule has 3 aromatic rings. The molecule has 0 unspecified atom stereocenters. The van der Waals surface area contributed by atoms with Crippen molar-refractivity contribution in [1.29, 1.82) is 0 Å². The van der Waals surface area contributed by atoms with Crippen molar-refractivity contribution in [2.45, 2.75) is 142 Å². The van der Waals surface area contributed by atoms with Gasteiger partial charge in [-0.1, -0.05) is 138 Å². The summed E-state index contributed by atoms with van der Waals surface area (Å²) < 4.78 is 3.45. The van der Waals surface area contributed by atoms with Gasteiger partial charge in [0, 0.05) is 29.5 Å². The highest BCUT2D eigenvalue weighted by Gasteiger charge is 2.10. The summed E-state index contributed by atoms with van der Waals surface area (Å²) >= 11 is 3.42. The van der Waals surface area contributed by atoms with Crippen LogP contribution in [0.1, 0.15) is 145 Å². The Labute approximate surface area is 264 Å². The highest BCUT2D eigenvalue weighted by molar-refractivity contribution is 9.10. The van der Waals surface area contributed by atoms with Gasteiger partial charge in [0.2, 0.25) is 0 Å². The van der Waals surface area contributed by atoms with Crippen LogP contribution in [-0.2, 0) is 13.0 Å². The fourth-order valence-electron chi connectivity index (χ4n) is 5.87. The molecule has 0 bridgehead atoms. The lowest BCUT2D eigenvalue weighted by molar-refractivity contribution is 0.0953. The fraction of sp³-hybridized carbons (Fsp3) is 0.622. The summed E-state index contributed by atoms with van der Waals surface area (Å²) in [5.74, 6) is 1.22. The van der Waals surface area contributed by atoms with Crippen LogP contribution in [-0.4, -0.2) is 22.0 Å². The van der Waals surface area contributed by atoms with Crippen molar-refractivity contribution in [3.63, 3.8) is 0 Å². The van der Waals surface area contributed by atoms with E-state index in [-0.39, 0.29) is 5.91 Å². The Balaban J connectivity index is 1.24. The number of para-hydroxylation sites is 2. The molecule has 0 spiro atoms. The quantitative estimate of drug-likeness (QED) is 0.0993. The highest BCUT2D eigenvalue weighted by Crippen LogP contribution is 2.20. The predicted octanol–water partition coefficient (Wildman–Crippen LogP) is 11.2. The van der Waals surface area contributed by atoms with Crippen molar-refractivity contribution in [2.75, 3.05) is 6.54 Å². The maximum atomic E-state index is 12.3. The van der Waals surface area contributed by atoms with Crippen LogP contribution >= 0.6 is 15.9 Å². The van der Waals surface area contributed by atoms with Crippen molar-refractivity contribution in [2.24, 2.45) is 0 Å². The number of unbranched alkanes of at least 4 members (excludes halogenated alkanes) is 17. The fourth-order valence-corrected chi connectivity index (χ4v) is 6.14.